The van der Waals surface area contributed by atoms with E-state index < -0.39 is 0 Å². The van der Waals surface area contributed by atoms with Gasteiger partial charge in [0.1, 0.15) is 5.75 Å². The summed E-state index contributed by atoms with van der Waals surface area (Å²) in [7, 11) is 0. The summed E-state index contributed by atoms with van der Waals surface area (Å²) < 4.78 is 5.60. The van der Waals surface area contributed by atoms with Gasteiger partial charge in [-0.25, -0.2) is 0 Å². The molecule has 0 heterocycles. The first-order valence-corrected chi connectivity index (χ1v) is 6.72. The van der Waals surface area contributed by atoms with Crippen molar-refractivity contribution in [3.63, 3.8) is 0 Å². The minimum atomic E-state index is -0.103. The van der Waals surface area contributed by atoms with Crippen LogP contribution in [0.1, 0.15) is 28.4 Å². The Kier molecular flexibility index (Phi) is 4.41. The molecule has 0 bridgehead atoms. The Hall–Kier alpha value is -2.29. The fraction of sp³-hybridized carbons (Fsp3) is 0.235. The van der Waals surface area contributed by atoms with Crippen molar-refractivity contribution in [2.75, 3.05) is 11.9 Å². The molecule has 0 aliphatic rings. The fourth-order valence-electron chi connectivity index (χ4n) is 2.19. The summed E-state index contributed by atoms with van der Waals surface area (Å²) in [5.74, 6) is 0.791. The van der Waals surface area contributed by atoms with Crippen molar-refractivity contribution in [3.8, 4) is 5.75 Å². The van der Waals surface area contributed by atoms with Gasteiger partial charge in [-0.2, -0.15) is 0 Å². The molecule has 0 fully saturated rings. The minimum Gasteiger partial charge on any atom is -0.493 e. The van der Waals surface area contributed by atoms with E-state index in [1.54, 1.807) is 12.1 Å². The van der Waals surface area contributed by atoms with Crippen LogP contribution in [0.2, 0.25) is 0 Å². The van der Waals surface area contributed by atoms with Crippen LogP contribution in [0.25, 0.3) is 0 Å². The average molecular weight is 269 g/mol. The molecule has 0 saturated carbocycles. The first-order chi connectivity index (χ1) is 9.61. The predicted octanol–water partition coefficient (Wildman–Crippen LogP) is 3.95. The van der Waals surface area contributed by atoms with Crippen LogP contribution in [0.4, 0.5) is 5.69 Å². The highest BCUT2D eigenvalue weighted by molar-refractivity contribution is 6.04. The van der Waals surface area contributed by atoms with Crippen molar-refractivity contribution in [1.82, 2.24) is 0 Å². The highest BCUT2D eigenvalue weighted by Crippen LogP contribution is 2.27. The number of aryl methyl sites for hydroxylation is 2. The van der Waals surface area contributed by atoms with E-state index >= 15 is 0 Å². The van der Waals surface area contributed by atoms with Crippen LogP contribution in [0.5, 0.6) is 5.75 Å². The summed E-state index contributed by atoms with van der Waals surface area (Å²) >= 11 is 0. The van der Waals surface area contributed by atoms with E-state index in [2.05, 4.69) is 5.32 Å². The molecule has 3 heteroatoms. The molecule has 0 radical (unpaired) electrons. The van der Waals surface area contributed by atoms with E-state index in [0.29, 0.717) is 12.2 Å². The first kappa shape index (κ1) is 14.1. The molecular formula is C17H19NO2. The lowest BCUT2D eigenvalue weighted by atomic mass is 10.1. The van der Waals surface area contributed by atoms with E-state index in [-0.39, 0.29) is 5.91 Å². The maximum absolute atomic E-state index is 12.1. The van der Waals surface area contributed by atoms with Crippen LogP contribution in [0.3, 0.4) is 0 Å². The number of rotatable bonds is 4. The fourth-order valence-corrected chi connectivity index (χ4v) is 2.19. The summed E-state index contributed by atoms with van der Waals surface area (Å²) in [6.07, 6.45) is 0. The summed E-state index contributed by atoms with van der Waals surface area (Å²) in [5, 5.41) is 2.91. The number of ether oxygens (including phenoxy) is 1. The van der Waals surface area contributed by atoms with Crippen LogP contribution in [-0.4, -0.2) is 12.5 Å². The highest BCUT2D eigenvalue weighted by atomic mass is 16.5. The van der Waals surface area contributed by atoms with E-state index in [9.17, 15) is 4.79 Å². The molecule has 104 valence electrons. The summed E-state index contributed by atoms with van der Waals surface area (Å²) in [6, 6.07) is 13.0. The molecule has 0 aliphatic heterocycles. The van der Waals surface area contributed by atoms with Gasteiger partial charge in [-0.15, -0.1) is 0 Å². The molecule has 1 amide bonds. The van der Waals surface area contributed by atoms with Gasteiger partial charge in [-0.1, -0.05) is 18.2 Å². The molecule has 20 heavy (non-hydrogen) atoms. The van der Waals surface area contributed by atoms with Crippen molar-refractivity contribution in [1.29, 1.82) is 0 Å². The van der Waals surface area contributed by atoms with Gasteiger partial charge in [0.15, 0.2) is 0 Å². The maximum atomic E-state index is 12.1. The number of nitrogens with one attached hydrogen (secondary N) is 1. The Labute approximate surface area is 119 Å². The largest absolute Gasteiger partial charge is 0.493 e. The highest BCUT2D eigenvalue weighted by Gasteiger charge is 2.09. The number of carbonyl (C=O) groups excluding carboxylic acids is 1. The third-order valence-corrected chi connectivity index (χ3v) is 3.04. The van der Waals surface area contributed by atoms with Gasteiger partial charge in [0.25, 0.3) is 5.91 Å². The molecule has 2 rings (SSSR count). The van der Waals surface area contributed by atoms with Crippen LogP contribution in [0, 0.1) is 13.8 Å². The van der Waals surface area contributed by atoms with Crippen molar-refractivity contribution in [2.24, 2.45) is 0 Å². The van der Waals surface area contributed by atoms with Gasteiger partial charge >= 0.3 is 0 Å². The molecule has 0 unspecified atom stereocenters. The molecule has 0 aromatic heterocycles. The van der Waals surface area contributed by atoms with Gasteiger partial charge in [0.05, 0.1) is 6.61 Å². The van der Waals surface area contributed by atoms with Crippen LogP contribution < -0.4 is 10.1 Å². The number of anilines is 1. The predicted molar refractivity (Wildman–Crippen MR) is 81.5 cm³/mol. The Balaban J connectivity index is 2.20. The Bertz CT molecular complexity index is 583. The van der Waals surface area contributed by atoms with E-state index in [1.807, 2.05) is 51.1 Å². The van der Waals surface area contributed by atoms with Gasteiger partial charge < -0.3 is 10.1 Å². The molecule has 1 N–H and O–H groups in total. The van der Waals surface area contributed by atoms with E-state index in [0.717, 1.165) is 22.6 Å². The Morgan fingerprint density at radius 2 is 1.70 bits per heavy atom. The van der Waals surface area contributed by atoms with Crippen molar-refractivity contribution < 1.29 is 9.53 Å². The van der Waals surface area contributed by atoms with Crippen molar-refractivity contribution >= 4 is 11.6 Å². The number of benzene rings is 2. The normalized spacial score (nSPS) is 10.2. The van der Waals surface area contributed by atoms with Crippen molar-refractivity contribution in [2.45, 2.75) is 20.8 Å². The second kappa shape index (κ2) is 6.24. The third-order valence-electron chi connectivity index (χ3n) is 3.04. The minimum absolute atomic E-state index is 0.103. The maximum Gasteiger partial charge on any atom is 0.255 e. The zero-order valence-electron chi connectivity index (χ0n) is 12.1. The van der Waals surface area contributed by atoms with Crippen LogP contribution in [-0.2, 0) is 0 Å². The number of carbonyl (C=O) groups is 1. The lowest BCUT2D eigenvalue weighted by molar-refractivity contribution is 0.102. The topological polar surface area (TPSA) is 38.3 Å². The quantitative estimate of drug-likeness (QED) is 0.912. The lowest BCUT2D eigenvalue weighted by Crippen LogP contribution is -2.12. The van der Waals surface area contributed by atoms with Gasteiger partial charge in [-0.05, 0) is 56.2 Å². The second-order valence-electron chi connectivity index (χ2n) is 4.69. The summed E-state index contributed by atoms with van der Waals surface area (Å²) in [6.45, 7) is 6.56. The van der Waals surface area contributed by atoms with Gasteiger partial charge in [0.2, 0.25) is 0 Å². The van der Waals surface area contributed by atoms with Gasteiger partial charge in [0, 0.05) is 11.3 Å². The molecule has 0 aliphatic carbocycles. The third kappa shape index (κ3) is 3.18. The van der Waals surface area contributed by atoms with Gasteiger partial charge in [-0.3, -0.25) is 4.79 Å². The number of hydrogen-bond donors (Lipinski definition) is 1. The zero-order valence-corrected chi connectivity index (χ0v) is 12.1. The molecule has 0 spiro atoms. The van der Waals surface area contributed by atoms with Crippen molar-refractivity contribution in [3.05, 3.63) is 59.2 Å². The smallest absolute Gasteiger partial charge is 0.255 e. The zero-order chi connectivity index (χ0) is 14.5. The van der Waals surface area contributed by atoms with E-state index in [1.165, 1.54) is 0 Å². The molecule has 2 aromatic rings. The Morgan fingerprint density at radius 3 is 2.25 bits per heavy atom. The molecular weight excluding hydrogens is 250 g/mol. The number of amides is 1. The average Bonchev–Trinajstić information content (AvgIpc) is 2.44. The van der Waals surface area contributed by atoms with Crippen LogP contribution >= 0.6 is 0 Å². The monoisotopic (exact) mass is 269 g/mol. The Morgan fingerprint density at radius 1 is 1.10 bits per heavy atom. The molecule has 2 aromatic carbocycles. The molecule has 0 atom stereocenters. The molecule has 0 saturated heterocycles. The molecule has 3 nitrogen and oxygen atoms in total. The van der Waals surface area contributed by atoms with E-state index in [4.69, 9.17) is 4.74 Å². The summed E-state index contributed by atoms with van der Waals surface area (Å²) in [4.78, 5) is 12.1. The standard InChI is InChI=1S/C17H19NO2/c1-4-20-16-12(2)10-15(11-13(16)3)18-17(19)14-8-6-5-7-9-14/h5-11H,4H2,1-3H3,(H,18,19). The van der Waals surface area contributed by atoms with Crippen LogP contribution in [0.15, 0.2) is 42.5 Å². The first-order valence-electron chi connectivity index (χ1n) is 6.72. The summed E-state index contributed by atoms with van der Waals surface area (Å²) in [5.41, 5.74) is 3.49. The number of hydrogen-bond acceptors (Lipinski definition) is 2. The second-order valence-corrected chi connectivity index (χ2v) is 4.69. The SMILES string of the molecule is CCOc1c(C)cc(NC(=O)c2ccccc2)cc1C. The lowest BCUT2D eigenvalue weighted by Gasteiger charge is -2.13.